The largest absolute Gasteiger partial charge is 0.339 e. The third-order valence-corrected chi connectivity index (χ3v) is 7.97. The molecule has 0 radical (unpaired) electrons. The monoisotopic (exact) mass is 446 g/mol. The predicted octanol–water partition coefficient (Wildman–Crippen LogP) is 3.47. The van der Waals surface area contributed by atoms with Crippen LogP contribution in [0.15, 0.2) is 35.4 Å². The highest BCUT2D eigenvalue weighted by molar-refractivity contribution is 7.89. The lowest BCUT2D eigenvalue weighted by molar-refractivity contribution is 0.0722. The van der Waals surface area contributed by atoms with Crippen LogP contribution >= 0.6 is 0 Å². The minimum Gasteiger partial charge on any atom is -0.339 e. The Labute approximate surface area is 182 Å². The van der Waals surface area contributed by atoms with Gasteiger partial charge in [-0.05, 0) is 63.3 Å². The standard InChI is InChI=1S/C22H27FN4O3S/c1-16-19(22(28)26-12-4-2-5-13-26)15-24-21(25-16)20-7-3-6-14-27(20)31(29,30)18-10-8-17(23)9-11-18/h8-11,15,20H,2-7,12-14H2,1H3/t20-/m1/s1. The van der Waals surface area contributed by atoms with Crippen LogP contribution in [0.5, 0.6) is 0 Å². The lowest BCUT2D eigenvalue weighted by Crippen LogP contribution is -2.39. The number of carbonyl (C=O) groups is 1. The van der Waals surface area contributed by atoms with E-state index in [9.17, 15) is 17.6 Å². The van der Waals surface area contributed by atoms with E-state index < -0.39 is 21.9 Å². The average molecular weight is 447 g/mol. The van der Waals surface area contributed by atoms with E-state index in [4.69, 9.17) is 0 Å². The van der Waals surface area contributed by atoms with Crippen molar-refractivity contribution in [2.75, 3.05) is 19.6 Å². The molecule has 2 saturated heterocycles. The first kappa shape index (κ1) is 21.8. The van der Waals surface area contributed by atoms with E-state index in [1.165, 1.54) is 22.6 Å². The summed E-state index contributed by atoms with van der Waals surface area (Å²) in [4.78, 5) is 23.7. The number of hydrogen-bond acceptors (Lipinski definition) is 5. The quantitative estimate of drug-likeness (QED) is 0.718. The first-order chi connectivity index (χ1) is 14.9. The summed E-state index contributed by atoms with van der Waals surface area (Å²) in [6, 6.07) is 4.34. The van der Waals surface area contributed by atoms with Crippen molar-refractivity contribution in [1.82, 2.24) is 19.2 Å². The Morgan fingerprint density at radius 1 is 1.03 bits per heavy atom. The summed E-state index contributed by atoms with van der Waals surface area (Å²) in [5.74, 6) is -0.150. The number of hydrogen-bond donors (Lipinski definition) is 0. The van der Waals surface area contributed by atoms with Crippen LogP contribution in [0.3, 0.4) is 0 Å². The van der Waals surface area contributed by atoms with Gasteiger partial charge in [-0.25, -0.2) is 22.8 Å². The number of amides is 1. The van der Waals surface area contributed by atoms with Crippen molar-refractivity contribution in [3.63, 3.8) is 0 Å². The molecule has 0 N–H and O–H groups in total. The van der Waals surface area contributed by atoms with Crippen LogP contribution < -0.4 is 0 Å². The maximum atomic E-state index is 13.3. The maximum Gasteiger partial charge on any atom is 0.257 e. The second-order valence-electron chi connectivity index (χ2n) is 8.16. The van der Waals surface area contributed by atoms with E-state index in [2.05, 4.69) is 9.97 Å². The van der Waals surface area contributed by atoms with Crippen molar-refractivity contribution in [3.05, 3.63) is 53.4 Å². The molecule has 0 bridgehead atoms. The fraction of sp³-hybridized carbons (Fsp3) is 0.500. The first-order valence-electron chi connectivity index (χ1n) is 10.8. The second-order valence-corrected chi connectivity index (χ2v) is 10.1. The highest BCUT2D eigenvalue weighted by Gasteiger charge is 2.36. The van der Waals surface area contributed by atoms with Crippen LogP contribution in [0, 0.1) is 12.7 Å². The second kappa shape index (κ2) is 9.00. The fourth-order valence-electron chi connectivity index (χ4n) is 4.32. The molecule has 166 valence electrons. The van der Waals surface area contributed by atoms with Gasteiger partial charge in [-0.3, -0.25) is 4.79 Å². The Morgan fingerprint density at radius 3 is 2.39 bits per heavy atom. The number of halogens is 1. The average Bonchev–Trinajstić information content (AvgIpc) is 2.79. The minimum absolute atomic E-state index is 0.0504. The maximum absolute atomic E-state index is 13.3. The molecule has 1 aromatic heterocycles. The summed E-state index contributed by atoms with van der Waals surface area (Å²) >= 11 is 0. The van der Waals surface area contributed by atoms with Crippen molar-refractivity contribution in [1.29, 1.82) is 0 Å². The number of likely N-dealkylation sites (tertiary alicyclic amines) is 1. The molecule has 0 aliphatic carbocycles. The van der Waals surface area contributed by atoms with Crippen LogP contribution in [0.4, 0.5) is 4.39 Å². The van der Waals surface area contributed by atoms with Gasteiger partial charge in [0.1, 0.15) is 11.6 Å². The zero-order valence-corrected chi connectivity index (χ0v) is 18.4. The summed E-state index contributed by atoms with van der Waals surface area (Å²) in [5.41, 5.74) is 1.03. The van der Waals surface area contributed by atoms with E-state index in [1.807, 2.05) is 4.90 Å². The topological polar surface area (TPSA) is 83.5 Å². The third kappa shape index (κ3) is 4.48. The number of piperidine rings is 2. The number of carbonyl (C=O) groups excluding carboxylic acids is 1. The molecular formula is C22H27FN4O3S. The predicted molar refractivity (Wildman–Crippen MR) is 113 cm³/mol. The lowest BCUT2D eigenvalue weighted by atomic mass is 10.0. The van der Waals surface area contributed by atoms with Crippen LogP contribution in [0.2, 0.25) is 0 Å². The lowest BCUT2D eigenvalue weighted by Gasteiger charge is -2.34. The minimum atomic E-state index is -3.82. The number of aryl methyl sites for hydroxylation is 1. The molecular weight excluding hydrogens is 419 g/mol. The van der Waals surface area contributed by atoms with E-state index in [1.54, 1.807) is 6.92 Å². The molecule has 2 fully saturated rings. The van der Waals surface area contributed by atoms with Gasteiger partial charge in [-0.2, -0.15) is 4.31 Å². The van der Waals surface area contributed by atoms with Crippen molar-refractivity contribution < 1.29 is 17.6 Å². The highest BCUT2D eigenvalue weighted by Crippen LogP contribution is 2.34. The number of benzene rings is 1. The van der Waals surface area contributed by atoms with Gasteiger partial charge in [-0.1, -0.05) is 6.42 Å². The van der Waals surface area contributed by atoms with E-state index >= 15 is 0 Å². The van der Waals surface area contributed by atoms with Gasteiger partial charge < -0.3 is 4.90 Å². The van der Waals surface area contributed by atoms with Crippen LogP contribution in [0.25, 0.3) is 0 Å². The molecule has 0 unspecified atom stereocenters. The van der Waals surface area contributed by atoms with Gasteiger partial charge in [0, 0.05) is 25.8 Å². The fourth-order valence-corrected chi connectivity index (χ4v) is 5.97. The van der Waals surface area contributed by atoms with Gasteiger partial charge in [0.15, 0.2) is 0 Å². The van der Waals surface area contributed by atoms with Gasteiger partial charge in [0.2, 0.25) is 10.0 Å². The molecule has 1 atom stereocenters. The van der Waals surface area contributed by atoms with Crippen molar-refractivity contribution in [3.8, 4) is 0 Å². The molecule has 2 aromatic rings. The number of rotatable bonds is 4. The summed E-state index contributed by atoms with van der Waals surface area (Å²) in [5, 5.41) is 0. The summed E-state index contributed by atoms with van der Waals surface area (Å²) < 4.78 is 41.2. The Kier molecular flexibility index (Phi) is 6.34. The zero-order valence-electron chi connectivity index (χ0n) is 17.6. The van der Waals surface area contributed by atoms with Crippen molar-refractivity contribution >= 4 is 15.9 Å². The van der Waals surface area contributed by atoms with Crippen molar-refractivity contribution in [2.45, 2.75) is 56.4 Å². The Hall–Kier alpha value is -2.39. The van der Waals surface area contributed by atoms with E-state index in [0.717, 1.165) is 57.3 Å². The molecule has 2 aliphatic heterocycles. The van der Waals surface area contributed by atoms with Gasteiger partial charge in [-0.15, -0.1) is 0 Å². The highest BCUT2D eigenvalue weighted by atomic mass is 32.2. The SMILES string of the molecule is Cc1nc([C@H]2CCCCN2S(=O)(=O)c2ccc(F)cc2)ncc1C(=O)N1CCCCC1. The van der Waals surface area contributed by atoms with Gasteiger partial charge >= 0.3 is 0 Å². The third-order valence-electron chi connectivity index (χ3n) is 6.04. The number of sulfonamides is 1. The summed E-state index contributed by atoms with van der Waals surface area (Å²) in [6.07, 6.45) is 6.87. The molecule has 1 amide bonds. The van der Waals surface area contributed by atoms with Crippen LogP contribution in [-0.4, -0.2) is 53.1 Å². The zero-order chi connectivity index (χ0) is 22.0. The Balaban J connectivity index is 1.61. The Morgan fingerprint density at radius 2 is 1.71 bits per heavy atom. The molecule has 4 rings (SSSR count). The van der Waals surface area contributed by atoms with Gasteiger partial charge in [0.05, 0.1) is 22.2 Å². The molecule has 7 nitrogen and oxygen atoms in total. The first-order valence-corrected chi connectivity index (χ1v) is 12.2. The molecule has 3 heterocycles. The molecule has 2 aliphatic rings. The van der Waals surface area contributed by atoms with Gasteiger partial charge in [0.25, 0.3) is 5.91 Å². The Bertz CT molecular complexity index is 1050. The van der Waals surface area contributed by atoms with E-state index in [-0.39, 0.29) is 10.8 Å². The summed E-state index contributed by atoms with van der Waals surface area (Å²) in [7, 11) is -3.82. The van der Waals surface area contributed by atoms with E-state index in [0.29, 0.717) is 30.0 Å². The van der Waals surface area contributed by atoms with Crippen LogP contribution in [-0.2, 0) is 10.0 Å². The molecule has 31 heavy (non-hydrogen) atoms. The molecule has 0 saturated carbocycles. The summed E-state index contributed by atoms with van der Waals surface area (Å²) in [6.45, 7) is 3.60. The molecule has 9 heteroatoms. The smallest absolute Gasteiger partial charge is 0.257 e. The number of aromatic nitrogens is 2. The van der Waals surface area contributed by atoms with Crippen LogP contribution in [0.1, 0.15) is 66.4 Å². The normalized spacial score (nSPS) is 20.6. The molecule has 0 spiro atoms. The molecule has 1 aromatic carbocycles. The number of nitrogens with zero attached hydrogens (tertiary/aromatic N) is 4. The van der Waals surface area contributed by atoms with Crippen molar-refractivity contribution in [2.24, 2.45) is 0 Å².